The number of pyridine rings is 1. The van der Waals surface area contributed by atoms with E-state index >= 15 is 0 Å². The number of rotatable bonds is 4. The molecular formula is C14H12BrN3O3. The van der Waals surface area contributed by atoms with E-state index < -0.39 is 4.92 Å². The Hall–Kier alpha value is -2.28. The second-order valence-electron chi connectivity index (χ2n) is 4.40. The average Bonchev–Trinajstić information content (AvgIpc) is 2.48. The van der Waals surface area contributed by atoms with Gasteiger partial charge in [-0.05, 0) is 40.5 Å². The van der Waals surface area contributed by atoms with Crippen LogP contribution in [0.5, 0.6) is 0 Å². The van der Waals surface area contributed by atoms with Gasteiger partial charge in [0.15, 0.2) is 0 Å². The van der Waals surface area contributed by atoms with Crippen molar-refractivity contribution in [1.29, 1.82) is 0 Å². The lowest BCUT2D eigenvalue weighted by Gasteiger charge is -2.14. The molecule has 0 aliphatic rings. The van der Waals surface area contributed by atoms with Gasteiger partial charge < -0.3 is 5.32 Å². The number of amides is 1. The fraction of sp³-hybridized carbons (Fsp3) is 0.143. The molecule has 0 saturated carbocycles. The summed E-state index contributed by atoms with van der Waals surface area (Å²) in [6.07, 6.45) is 3.31. The second kappa shape index (κ2) is 6.45. The van der Waals surface area contributed by atoms with Gasteiger partial charge in [-0.2, -0.15) is 0 Å². The number of halogens is 1. The Morgan fingerprint density at radius 1 is 1.43 bits per heavy atom. The maximum Gasteiger partial charge on any atom is 0.270 e. The highest BCUT2D eigenvalue weighted by Gasteiger charge is 2.17. The number of aromatic nitrogens is 1. The van der Waals surface area contributed by atoms with E-state index in [1.807, 2.05) is 13.0 Å². The maximum atomic E-state index is 12.2. The lowest BCUT2D eigenvalue weighted by atomic mass is 10.1. The van der Waals surface area contributed by atoms with Crippen molar-refractivity contribution >= 4 is 27.5 Å². The number of nitrogens with zero attached hydrogens (tertiary/aromatic N) is 2. The van der Waals surface area contributed by atoms with Crippen molar-refractivity contribution < 1.29 is 9.72 Å². The molecule has 0 aliphatic carbocycles. The molecule has 1 heterocycles. The number of non-ortho nitro benzene ring substituents is 1. The topological polar surface area (TPSA) is 85.1 Å². The molecule has 1 aromatic heterocycles. The third-order valence-electron chi connectivity index (χ3n) is 2.94. The van der Waals surface area contributed by atoms with Crippen molar-refractivity contribution in [2.75, 3.05) is 0 Å². The first-order valence-electron chi connectivity index (χ1n) is 6.14. The smallest absolute Gasteiger partial charge is 0.270 e. The van der Waals surface area contributed by atoms with Gasteiger partial charge >= 0.3 is 0 Å². The largest absolute Gasteiger partial charge is 0.345 e. The van der Waals surface area contributed by atoms with Gasteiger partial charge in [0.25, 0.3) is 11.6 Å². The van der Waals surface area contributed by atoms with Crippen LogP contribution in [0.15, 0.2) is 47.2 Å². The number of hydrogen-bond donors (Lipinski definition) is 1. The third-order valence-corrected chi connectivity index (χ3v) is 3.63. The standard InChI is InChI=1S/C14H12BrN3O3/c1-9(10-3-2-6-16-8-10)17-14(19)12-7-11(18(20)21)4-5-13(12)15/h2-9H,1H3,(H,17,19). The van der Waals surface area contributed by atoms with Crippen molar-refractivity contribution in [3.05, 3.63) is 68.4 Å². The minimum absolute atomic E-state index is 0.127. The van der Waals surface area contributed by atoms with E-state index in [9.17, 15) is 14.9 Å². The van der Waals surface area contributed by atoms with Gasteiger partial charge in [0.05, 0.1) is 16.5 Å². The van der Waals surface area contributed by atoms with Crippen LogP contribution in [0.2, 0.25) is 0 Å². The first kappa shape index (κ1) is 15.1. The molecule has 7 heteroatoms. The molecule has 0 fully saturated rings. The van der Waals surface area contributed by atoms with Crippen molar-refractivity contribution in [2.45, 2.75) is 13.0 Å². The first-order chi connectivity index (χ1) is 9.99. The molecular weight excluding hydrogens is 338 g/mol. The summed E-state index contributed by atoms with van der Waals surface area (Å²) in [5, 5.41) is 13.6. The molecule has 1 atom stereocenters. The van der Waals surface area contributed by atoms with Crippen LogP contribution in [-0.4, -0.2) is 15.8 Å². The Bertz CT molecular complexity index is 676. The van der Waals surface area contributed by atoms with Crippen LogP contribution in [0, 0.1) is 10.1 Å². The number of nitro groups is 1. The zero-order valence-corrected chi connectivity index (χ0v) is 12.7. The summed E-state index contributed by atoms with van der Waals surface area (Å²) in [6, 6.07) is 7.45. The van der Waals surface area contributed by atoms with E-state index in [-0.39, 0.29) is 23.2 Å². The van der Waals surface area contributed by atoms with E-state index in [2.05, 4.69) is 26.2 Å². The monoisotopic (exact) mass is 349 g/mol. The van der Waals surface area contributed by atoms with E-state index in [4.69, 9.17) is 0 Å². The van der Waals surface area contributed by atoms with E-state index in [1.165, 1.54) is 18.2 Å². The van der Waals surface area contributed by atoms with Crippen LogP contribution in [0.3, 0.4) is 0 Å². The average molecular weight is 350 g/mol. The molecule has 6 nitrogen and oxygen atoms in total. The zero-order chi connectivity index (χ0) is 15.4. The Morgan fingerprint density at radius 3 is 2.81 bits per heavy atom. The van der Waals surface area contributed by atoms with Crippen LogP contribution in [0.1, 0.15) is 28.9 Å². The quantitative estimate of drug-likeness (QED) is 0.678. The van der Waals surface area contributed by atoms with Gasteiger partial charge in [-0.15, -0.1) is 0 Å². The number of hydrogen-bond acceptors (Lipinski definition) is 4. The Balaban J connectivity index is 2.21. The highest BCUT2D eigenvalue weighted by molar-refractivity contribution is 9.10. The van der Waals surface area contributed by atoms with Gasteiger partial charge in [0.1, 0.15) is 0 Å². The lowest BCUT2D eigenvalue weighted by molar-refractivity contribution is -0.384. The molecule has 108 valence electrons. The number of nitro benzene ring substituents is 1. The minimum Gasteiger partial charge on any atom is -0.345 e. The van der Waals surface area contributed by atoms with Crippen LogP contribution in [0.25, 0.3) is 0 Å². The van der Waals surface area contributed by atoms with Crippen molar-refractivity contribution in [2.24, 2.45) is 0 Å². The highest BCUT2D eigenvalue weighted by atomic mass is 79.9. The Kier molecular flexibility index (Phi) is 4.64. The summed E-state index contributed by atoms with van der Waals surface area (Å²) in [6.45, 7) is 1.82. The predicted octanol–water partition coefficient (Wildman–Crippen LogP) is 3.24. The first-order valence-corrected chi connectivity index (χ1v) is 6.93. The van der Waals surface area contributed by atoms with Crippen molar-refractivity contribution in [3.8, 4) is 0 Å². The summed E-state index contributed by atoms with van der Waals surface area (Å²) < 4.78 is 0.504. The summed E-state index contributed by atoms with van der Waals surface area (Å²) in [5.74, 6) is -0.387. The molecule has 0 spiro atoms. The highest BCUT2D eigenvalue weighted by Crippen LogP contribution is 2.23. The normalized spacial score (nSPS) is 11.7. The Labute approximate surface area is 129 Å². The fourth-order valence-electron chi connectivity index (χ4n) is 1.79. The van der Waals surface area contributed by atoms with E-state index in [0.29, 0.717) is 4.47 Å². The molecule has 1 N–H and O–H groups in total. The van der Waals surface area contributed by atoms with Crippen LogP contribution < -0.4 is 5.32 Å². The molecule has 0 saturated heterocycles. The number of carbonyl (C=O) groups excluding carboxylic acids is 1. The van der Waals surface area contributed by atoms with Crippen molar-refractivity contribution in [1.82, 2.24) is 10.3 Å². The van der Waals surface area contributed by atoms with Gasteiger partial charge in [-0.25, -0.2) is 0 Å². The molecule has 21 heavy (non-hydrogen) atoms. The number of nitrogens with one attached hydrogen (secondary N) is 1. The van der Waals surface area contributed by atoms with Crippen molar-refractivity contribution in [3.63, 3.8) is 0 Å². The van der Waals surface area contributed by atoms with Crippen LogP contribution in [-0.2, 0) is 0 Å². The van der Waals surface area contributed by atoms with Crippen LogP contribution >= 0.6 is 15.9 Å². The van der Waals surface area contributed by atoms with E-state index in [1.54, 1.807) is 18.5 Å². The number of carbonyl (C=O) groups is 1. The number of benzene rings is 1. The molecule has 0 aliphatic heterocycles. The molecule has 1 amide bonds. The fourth-order valence-corrected chi connectivity index (χ4v) is 2.22. The SMILES string of the molecule is CC(NC(=O)c1cc([N+](=O)[O-])ccc1Br)c1cccnc1. The summed E-state index contributed by atoms with van der Waals surface area (Å²) in [5.41, 5.74) is 0.949. The summed E-state index contributed by atoms with van der Waals surface area (Å²) in [7, 11) is 0. The molecule has 0 radical (unpaired) electrons. The van der Waals surface area contributed by atoms with Gasteiger partial charge in [-0.1, -0.05) is 6.07 Å². The Morgan fingerprint density at radius 2 is 2.19 bits per heavy atom. The van der Waals surface area contributed by atoms with Gasteiger partial charge in [0, 0.05) is 29.0 Å². The minimum atomic E-state index is -0.534. The molecule has 1 aromatic carbocycles. The lowest BCUT2D eigenvalue weighted by Crippen LogP contribution is -2.27. The summed E-state index contributed by atoms with van der Waals surface area (Å²) in [4.78, 5) is 26.5. The van der Waals surface area contributed by atoms with Gasteiger partial charge in [-0.3, -0.25) is 19.9 Å². The predicted molar refractivity (Wildman–Crippen MR) is 80.9 cm³/mol. The van der Waals surface area contributed by atoms with E-state index in [0.717, 1.165) is 5.56 Å². The summed E-state index contributed by atoms with van der Waals surface area (Å²) >= 11 is 3.23. The third kappa shape index (κ3) is 3.63. The maximum absolute atomic E-state index is 12.2. The molecule has 0 bridgehead atoms. The van der Waals surface area contributed by atoms with Gasteiger partial charge in [0.2, 0.25) is 0 Å². The zero-order valence-electron chi connectivity index (χ0n) is 11.1. The molecule has 1 unspecified atom stereocenters. The second-order valence-corrected chi connectivity index (χ2v) is 5.26. The van der Waals surface area contributed by atoms with Crippen LogP contribution in [0.4, 0.5) is 5.69 Å². The molecule has 2 aromatic rings. The molecule has 2 rings (SSSR count).